The molecule has 2 aromatic rings. The average Bonchev–Trinajstić information content (AvgIpc) is 2.66. The Hall–Kier alpha value is -2.40. The Balaban J connectivity index is 1.80. The number of hydrogen-bond donors (Lipinski definition) is 1. The number of phenolic OH excluding ortho intramolecular Hbond substituents is 1. The molecule has 2 unspecified atom stereocenters. The predicted octanol–water partition coefficient (Wildman–Crippen LogP) is 3.63. The Bertz CT molecular complexity index is 848. The van der Waals surface area contributed by atoms with Crippen molar-refractivity contribution in [3.05, 3.63) is 46.5 Å². The van der Waals surface area contributed by atoms with Gasteiger partial charge in [-0.2, -0.15) is 0 Å². The molecular weight excluding hydrogens is 330 g/mol. The van der Waals surface area contributed by atoms with Gasteiger partial charge in [0.15, 0.2) is 23.0 Å². The van der Waals surface area contributed by atoms with Gasteiger partial charge in [0.1, 0.15) is 0 Å². The first-order chi connectivity index (χ1) is 12.6. The lowest BCUT2D eigenvalue weighted by Gasteiger charge is -2.45. The lowest BCUT2D eigenvalue weighted by Crippen LogP contribution is -2.41. The lowest BCUT2D eigenvalue weighted by atomic mass is 9.81. The summed E-state index contributed by atoms with van der Waals surface area (Å²) in [5, 5.41) is 10.2. The molecule has 2 aromatic carbocycles. The van der Waals surface area contributed by atoms with Crippen LogP contribution in [0.4, 0.5) is 0 Å². The molecule has 0 aliphatic carbocycles. The number of rotatable bonds is 3. The highest BCUT2D eigenvalue weighted by Crippen LogP contribution is 2.47. The number of phenols is 1. The van der Waals surface area contributed by atoms with Crippen LogP contribution in [0.15, 0.2) is 24.3 Å². The fraction of sp³-hybridized carbons (Fsp3) is 0.429. The van der Waals surface area contributed by atoms with Gasteiger partial charge in [-0.25, -0.2) is 0 Å². The minimum atomic E-state index is 0.204. The van der Waals surface area contributed by atoms with Gasteiger partial charge >= 0.3 is 0 Å². The molecule has 5 nitrogen and oxygen atoms in total. The fourth-order valence-electron chi connectivity index (χ4n) is 4.48. The third kappa shape index (κ3) is 2.50. The summed E-state index contributed by atoms with van der Waals surface area (Å²) in [6, 6.07) is 8.60. The molecule has 2 atom stereocenters. The standard InChI is InChI=1S/C21H25NO4/c1-12-15-10-19(24-2)18(23)8-14(15)7-17-16-11-21(26-4)20(25-3)9-13(16)5-6-22(12)17/h8-12,17,23H,5-7H2,1-4H3. The van der Waals surface area contributed by atoms with Crippen molar-refractivity contribution in [1.82, 2.24) is 4.90 Å². The van der Waals surface area contributed by atoms with Gasteiger partial charge in [0, 0.05) is 18.6 Å². The van der Waals surface area contributed by atoms with Gasteiger partial charge < -0.3 is 19.3 Å². The summed E-state index contributed by atoms with van der Waals surface area (Å²) >= 11 is 0. The molecule has 0 aromatic heterocycles. The maximum absolute atomic E-state index is 10.2. The van der Waals surface area contributed by atoms with E-state index in [4.69, 9.17) is 14.2 Å². The SMILES string of the molecule is COc1cc2c(cc1O)CC1c3cc(OC)c(OC)cc3CCN1C2C. The first-order valence-corrected chi connectivity index (χ1v) is 8.97. The van der Waals surface area contributed by atoms with Crippen LogP contribution in [0.2, 0.25) is 0 Å². The van der Waals surface area contributed by atoms with Crippen LogP contribution >= 0.6 is 0 Å². The minimum Gasteiger partial charge on any atom is -0.504 e. The molecule has 2 aliphatic heterocycles. The topological polar surface area (TPSA) is 51.2 Å². The zero-order chi connectivity index (χ0) is 18.4. The van der Waals surface area contributed by atoms with Gasteiger partial charge in [0.25, 0.3) is 0 Å². The number of fused-ring (bicyclic) bond motifs is 4. The Labute approximate surface area is 154 Å². The Morgan fingerprint density at radius 1 is 0.885 bits per heavy atom. The lowest BCUT2D eigenvalue weighted by molar-refractivity contribution is 0.117. The number of benzene rings is 2. The van der Waals surface area contributed by atoms with Crippen molar-refractivity contribution in [3.63, 3.8) is 0 Å². The molecule has 26 heavy (non-hydrogen) atoms. The highest BCUT2D eigenvalue weighted by molar-refractivity contribution is 5.53. The van der Waals surface area contributed by atoms with Crippen molar-refractivity contribution in [1.29, 1.82) is 0 Å². The molecule has 5 heteroatoms. The number of aromatic hydroxyl groups is 1. The van der Waals surface area contributed by atoms with E-state index in [2.05, 4.69) is 24.0 Å². The quantitative estimate of drug-likeness (QED) is 0.911. The maximum Gasteiger partial charge on any atom is 0.161 e. The smallest absolute Gasteiger partial charge is 0.161 e. The first-order valence-electron chi connectivity index (χ1n) is 8.97. The van der Waals surface area contributed by atoms with E-state index < -0.39 is 0 Å². The number of methoxy groups -OCH3 is 3. The molecule has 0 spiro atoms. The molecule has 0 fully saturated rings. The maximum atomic E-state index is 10.2. The van der Waals surface area contributed by atoms with Crippen LogP contribution in [0.5, 0.6) is 23.0 Å². The van der Waals surface area contributed by atoms with E-state index in [0.717, 1.165) is 30.9 Å². The predicted molar refractivity (Wildman–Crippen MR) is 99.5 cm³/mol. The normalized spacial score (nSPS) is 21.4. The van der Waals surface area contributed by atoms with E-state index in [1.165, 1.54) is 22.3 Å². The zero-order valence-electron chi connectivity index (χ0n) is 15.7. The van der Waals surface area contributed by atoms with Crippen molar-refractivity contribution >= 4 is 0 Å². The second-order valence-electron chi connectivity index (χ2n) is 7.01. The van der Waals surface area contributed by atoms with Gasteiger partial charge in [-0.15, -0.1) is 0 Å². The van der Waals surface area contributed by atoms with Crippen LogP contribution in [-0.4, -0.2) is 37.9 Å². The highest BCUT2D eigenvalue weighted by atomic mass is 16.5. The number of ether oxygens (including phenoxy) is 3. The second kappa shape index (κ2) is 6.40. The number of hydrogen-bond acceptors (Lipinski definition) is 5. The van der Waals surface area contributed by atoms with Gasteiger partial charge in [-0.05, 0) is 66.3 Å². The van der Waals surface area contributed by atoms with Crippen molar-refractivity contribution in [3.8, 4) is 23.0 Å². The van der Waals surface area contributed by atoms with Gasteiger partial charge in [-0.1, -0.05) is 0 Å². The summed E-state index contributed by atoms with van der Waals surface area (Å²) < 4.78 is 16.3. The van der Waals surface area contributed by atoms with Crippen molar-refractivity contribution in [2.24, 2.45) is 0 Å². The fourth-order valence-corrected chi connectivity index (χ4v) is 4.48. The van der Waals surface area contributed by atoms with Crippen LogP contribution in [0.1, 0.15) is 41.3 Å². The molecule has 138 valence electrons. The molecule has 2 aliphatic rings. The van der Waals surface area contributed by atoms with Gasteiger partial charge in [0.05, 0.1) is 21.3 Å². The highest BCUT2D eigenvalue weighted by Gasteiger charge is 2.37. The summed E-state index contributed by atoms with van der Waals surface area (Å²) in [4.78, 5) is 2.53. The third-order valence-electron chi connectivity index (χ3n) is 5.85. The molecule has 0 radical (unpaired) electrons. The molecule has 0 saturated carbocycles. The second-order valence-corrected chi connectivity index (χ2v) is 7.01. The van der Waals surface area contributed by atoms with Crippen LogP contribution in [0, 0.1) is 0 Å². The van der Waals surface area contributed by atoms with Crippen LogP contribution < -0.4 is 14.2 Å². The summed E-state index contributed by atoms with van der Waals surface area (Å²) in [5.74, 6) is 2.29. The van der Waals surface area contributed by atoms with E-state index in [1.54, 1.807) is 21.3 Å². The summed E-state index contributed by atoms with van der Waals surface area (Å²) in [6.07, 6.45) is 1.85. The van der Waals surface area contributed by atoms with E-state index in [0.29, 0.717) is 5.75 Å². The van der Waals surface area contributed by atoms with Crippen molar-refractivity contribution in [2.75, 3.05) is 27.9 Å². The molecule has 1 N–H and O–H groups in total. The number of nitrogens with zero attached hydrogens (tertiary/aromatic N) is 1. The Morgan fingerprint density at radius 3 is 2.23 bits per heavy atom. The molecule has 0 saturated heterocycles. The monoisotopic (exact) mass is 355 g/mol. The molecule has 0 amide bonds. The van der Waals surface area contributed by atoms with Crippen LogP contribution in [0.3, 0.4) is 0 Å². The summed E-state index contributed by atoms with van der Waals surface area (Å²) in [5.41, 5.74) is 5.03. The van der Waals surface area contributed by atoms with Gasteiger partial charge in [0.2, 0.25) is 0 Å². The Morgan fingerprint density at radius 2 is 1.54 bits per heavy atom. The van der Waals surface area contributed by atoms with E-state index >= 15 is 0 Å². The first kappa shape index (κ1) is 17.0. The third-order valence-corrected chi connectivity index (χ3v) is 5.85. The van der Waals surface area contributed by atoms with E-state index in [-0.39, 0.29) is 17.8 Å². The minimum absolute atomic E-state index is 0.204. The van der Waals surface area contributed by atoms with Crippen molar-refractivity contribution < 1.29 is 19.3 Å². The van der Waals surface area contributed by atoms with Crippen LogP contribution in [0.25, 0.3) is 0 Å². The largest absolute Gasteiger partial charge is 0.504 e. The van der Waals surface area contributed by atoms with Crippen molar-refractivity contribution in [2.45, 2.75) is 31.8 Å². The molecule has 4 rings (SSSR count). The summed E-state index contributed by atoms with van der Waals surface area (Å²) in [6.45, 7) is 3.23. The van der Waals surface area contributed by atoms with E-state index in [9.17, 15) is 5.11 Å². The summed E-state index contributed by atoms with van der Waals surface area (Å²) in [7, 11) is 4.94. The van der Waals surface area contributed by atoms with E-state index in [1.807, 2.05) is 12.1 Å². The van der Waals surface area contributed by atoms with Gasteiger partial charge in [-0.3, -0.25) is 4.90 Å². The zero-order valence-corrected chi connectivity index (χ0v) is 15.7. The van der Waals surface area contributed by atoms with Crippen LogP contribution in [-0.2, 0) is 12.8 Å². The molecule has 2 heterocycles. The average molecular weight is 355 g/mol. The molecule has 0 bridgehead atoms. The molecular formula is C21H25NO4. The Kier molecular flexibility index (Phi) is 4.19.